The van der Waals surface area contributed by atoms with Gasteiger partial charge in [0.25, 0.3) is 0 Å². The van der Waals surface area contributed by atoms with E-state index in [4.69, 9.17) is 16.9 Å². The van der Waals surface area contributed by atoms with Gasteiger partial charge in [0.1, 0.15) is 5.78 Å². The third-order valence-electron chi connectivity index (χ3n) is 0.893. The van der Waals surface area contributed by atoms with Gasteiger partial charge in [0, 0.05) is 12.8 Å². The first-order valence-corrected chi connectivity index (χ1v) is 3.29. The molecule has 9 heavy (non-hydrogen) atoms. The highest BCUT2D eigenvalue weighted by Crippen LogP contribution is 1.95. The van der Waals surface area contributed by atoms with Crippen molar-refractivity contribution in [2.45, 2.75) is 19.3 Å². The number of carbonyl (C=O) groups excluding carboxylic acids is 1. The summed E-state index contributed by atoms with van der Waals surface area (Å²) in [6.45, 7) is 0. The summed E-state index contributed by atoms with van der Waals surface area (Å²) in [5.74, 6) is 0.0951. The number of alkyl halides is 1. The van der Waals surface area contributed by atoms with E-state index >= 15 is 0 Å². The third-order valence-corrected chi connectivity index (χ3v) is 1.19. The van der Waals surface area contributed by atoms with Crippen molar-refractivity contribution in [3.8, 4) is 6.07 Å². The van der Waals surface area contributed by atoms with Gasteiger partial charge in [0.15, 0.2) is 0 Å². The van der Waals surface area contributed by atoms with E-state index in [1.54, 1.807) is 0 Å². The Morgan fingerprint density at radius 3 is 2.78 bits per heavy atom. The summed E-state index contributed by atoms with van der Waals surface area (Å²) in [6, 6.07) is 1.95. The Morgan fingerprint density at radius 1 is 1.67 bits per heavy atom. The van der Waals surface area contributed by atoms with Crippen molar-refractivity contribution in [3.63, 3.8) is 0 Å². The predicted octanol–water partition coefficient (Wildman–Crippen LogP) is 1.49. The van der Waals surface area contributed by atoms with Gasteiger partial charge in [-0.25, -0.2) is 0 Å². The molecule has 0 aliphatic rings. The zero-order valence-electron chi connectivity index (χ0n) is 5.06. The summed E-state index contributed by atoms with van der Waals surface area (Å²) in [6.07, 6.45) is 1.53. The van der Waals surface area contributed by atoms with Crippen LogP contribution in [0.2, 0.25) is 0 Å². The average Bonchev–Trinajstić information content (AvgIpc) is 1.89. The monoisotopic (exact) mass is 145 g/mol. The van der Waals surface area contributed by atoms with Crippen LogP contribution in [-0.2, 0) is 4.79 Å². The topological polar surface area (TPSA) is 40.9 Å². The molecule has 3 heteroatoms. The number of hydrogen-bond donors (Lipinski definition) is 0. The van der Waals surface area contributed by atoms with Gasteiger partial charge in [-0.1, -0.05) is 0 Å². The second kappa shape index (κ2) is 5.58. The average molecular weight is 146 g/mol. The van der Waals surface area contributed by atoms with E-state index < -0.39 is 0 Å². The van der Waals surface area contributed by atoms with Crippen molar-refractivity contribution < 1.29 is 4.79 Å². The summed E-state index contributed by atoms with van der Waals surface area (Å²) >= 11 is 5.20. The van der Waals surface area contributed by atoms with Crippen LogP contribution in [0.25, 0.3) is 0 Å². The highest BCUT2D eigenvalue weighted by Gasteiger charge is 1.96. The van der Waals surface area contributed by atoms with Gasteiger partial charge in [-0.15, -0.1) is 11.6 Å². The van der Waals surface area contributed by atoms with Crippen molar-refractivity contribution >= 4 is 17.4 Å². The maximum absolute atomic E-state index is 10.4. The van der Waals surface area contributed by atoms with Crippen molar-refractivity contribution in [1.82, 2.24) is 0 Å². The van der Waals surface area contributed by atoms with Gasteiger partial charge < -0.3 is 0 Å². The van der Waals surface area contributed by atoms with Crippen LogP contribution < -0.4 is 0 Å². The summed E-state index contributed by atoms with van der Waals surface area (Å²) in [7, 11) is 0. The second-order valence-electron chi connectivity index (χ2n) is 1.68. The molecule has 0 rings (SSSR count). The Kier molecular flexibility index (Phi) is 5.24. The highest BCUT2D eigenvalue weighted by atomic mass is 35.5. The lowest BCUT2D eigenvalue weighted by atomic mass is 10.2. The van der Waals surface area contributed by atoms with Crippen molar-refractivity contribution in [2.24, 2.45) is 0 Å². The Labute approximate surface area is 59.4 Å². The van der Waals surface area contributed by atoms with Gasteiger partial charge in [-0.2, -0.15) is 5.26 Å². The molecule has 0 aliphatic carbocycles. The van der Waals surface area contributed by atoms with E-state index in [-0.39, 0.29) is 11.7 Å². The van der Waals surface area contributed by atoms with Crippen molar-refractivity contribution in [1.29, 1.82) is 5.26 Å². The SMILES string of the molecule is N#CCCCC(=O)CCl. The molecule has 0 bridgehead atoms. The molecule has 0 saturated heterocycles. The number of halogens is 1. The maximum Gasteiger partial charge on any atom is 0.147 e. The number of rotatable bonds is 4. The van der Waals surface area contributed by atoms with E-state index in [1.165, 1.54) is 0 Å². The quantitative estimate of drug-likeness (QED) is 0.444. The normalized spacial score (nSPS) is 8.44. The molecule has 0 aromatic carbocycles. The van der Waals surface area contributed by atoms with E-state index in [1.807, 2.05) is 6.07 Å². The molecule has 0 aliphatic heterocycles. The number of nitrogens with zero attached hydrogens (tertiary/aromatic N) is 1. The number of carbonyl (C=O) groups is 1. The minimum Gasteiger partial charge on any atom is -0.298 e. The van der Waals surface area contributed by atoms with Gasteiger partial charge in [-0.05, 0) is 6.42 Å². The first-order valence-electron chi connectivity index (χ1n) is 2.76. The fourth-order valence-electron chi connectivity index (χ4n) is 0.431. The molecule has 0 unspecified atom stereocenters. The van der Waals surface area contributed by atoms with Gasteiger partial charge in [0.05, 0.1) is 11.9 Å². The van der Waals surface area contributed by atoms with Crippen LogP contribution in [0.15, 0.2) is 0 Å². The standard InChI is InChI=1S/C6H8ClNO/c7-5-6(9)3-1-2-4-8/h1-3,5H2. The molecule has 0 fully saturated rings. The van der Waals surface area contributed by atoms with Crippen molar-refractivity contribution in [3.05, 3.63) is 0 Å². The Hall–Kier alpha value is -0.550. The lowest BCUT2D eigenvalue weighted by molar-refractivity contribution is -0.116. The molecule has 0 saturated carbocycles. The fourth-order valence-corrected chi connectivity index (χ4v) is 0.565. The van der Waals surface area contributed by atoms with E-state index in [0.717, 1.165) is 0 Å². The molecular formula is C6H8ClNO. The number of Topliss-reactive ketones (excluding diaryl/α,β-unsaturated/α-hetero) is 1. The Morgan fingerprint density at radius 2 is 2.33 bits per heavy atom. The molecule has 0 radical (unpaired) electrons. The van der Waals surface area contributed by atoms with E-state index in [2.05, 4.69) is 0 Å². The summed E-state index contributed by atoms with van der Waals surface area (Å²) in [4.78, 5) is 10.4. The fraction of sp³-hybridized carbons (Fsp3) is 0.667. The maximum atomic E-state index is 10.4. The first-order chi connectivity index (χ1) is 4.31. The molecule has 50 valence electrons. The highest BCUT2D eigenvalue weighted by molar-refractivity contribution is 6.27. The minimum atomic E-state index is 0.0203. The molecule has 0 spiro atoms. The predicted molar refractivity (Wildman–Crippen MR) is 35.2 cm³/mol. The molecule has 0 aromatic heterocycles. The molecule has 0 atom stereocenters. The molecule has 2 nitrogen and oxygen atoms in total. The lowest BCUT2D eigenvalue weighted by Crippen LogP contribution is -1.97. The minimum absolute atomic E-state index is 0.0203. The molecule has 0 heterocycles. The van der Waals surface area contributed by atoms with Crippen LogP contribution in [0.5, 0.6) is 0 Å². The van der Waals surface area contributed by atoms with E-state index in [0.29, 0.717) is 19.3 Å². The Balaban J connectivity index is 3.09. The zero-order chi connectivity index (χ0) is 7.11. The molecular weight excluding hydrogens is 138 g/mol. The number of unbranched alkanes of at least 4 members (excludes halogenated alkanes) is 1. The summed E-state index contributed by atoms with van der Waals surface area (Å²) in [5, 5.41) is 8.06. The number of nitriles is 1. The van der Waals surface area contributed by atoms with Gasteiger partial charge in [-0.3, -0.25) is 4.79 Å². The summed E-state index contributed by atoms with van der Waals surface area (Å²) in [5.41, 5.74) is 0. The van der Waals surface area contributed by atoms with Crippen LogP contribution in [0.4, 0.5) is 0 Å². The van der Waals surface area contributed by atoms with Crippen LogP contribution in [0, 0.1) is 11.3 Å². The van der Waals surface area contributed by atoms with Gasteiger partial charge in [0.2, 0.25) is 0 Å². The van der Waals surface area contributed by atoms with Gasteiger partial charge >= 0.3 is 0 Å². The van der Waals surface area contributed by atoms with Crippen molar-refractivity contribution in [2.75, 3.05) is 5.88 Å². The third kappa shape index (κ3) is 5.32. The van der Waals surface area contributed by atoms with E-state index in [9.17, 15) is 4.79 Å². The largest absolute Gasteiger partial charge is 0.298 e. The number of ketones is 1. The first kappa shape index (κ1) is 8.45. The van der Waals surface area contributed by atoms with Crippen LogP contribution in [0.3, 0.4) is 0 Å². The van der Waals surface area contributed by atoms with Crippen LogP contribution in [-0.4, -0.2) is 11.7 Å². The van der Waals surface area contributed by atoms with Crippen LogP contribution in [0.1, 0.15) is 19.3 Å². The Bertz CT molecular complexity index is 128. The molecule has 0 amide bonds. The lowest BCUT2D eigenvalue weighted by Gasteiger charge is -1.89. The smallest absolute Gasteiger partial charge is 0.147 e. The summed E-state index contributed by atoms with van der Waals surface area (Å²) < 4.78 is 0. The zero-order valence-corrected chi connectivity index (χ0v) is 5.82. The number of hydrogen-bond acceptors (Lipinski definition) is 2. The second-order valence-corrected chi connectivity index (χ2v) is 1.95. The molecule has 0 N–H and O–H groups in total. The molecule has 0 aromatic rings. The van der Waals surface area contributed by atoms with Crippen LogP contribution >= 0.6 is 11.6 Å².